The Morgan fingerprint density at radius 3 is 2.33 bits per heavy atom. The third kappa shape index (κ3) is 1.55. The predicted octanol–water partition coefficient (Wildman–Crippen LogP) is 2.68. The van der Waals surface area contributed by atoms with E-state index in [4.69, 9.17) is 0 Å². The summed E-state index contributed by atoms with van der Waals surface area (Å²) in [5, 5.41) is 0. The molecule has 80 valence electrons. The smallest absolute Gasteiger partial charge is 0.133 e. The highest BCUT2D eigenvalue weighted by atomic mass is 79.9. The summed E-state index contributed by atoms with van der Waals surface area (Å²) in [4.78, 5) is 11.3. The zero-order chi connectivity index (χ0) is 10.4. The average Bonchev–Trinajstić information content (AvgIpc) is 2.74. The molecule has 1 aromatic rings. The Morgan fingerprint density at radius 1 is 1.20 bits per heavy atom. The number of halogens is 1. The molecule has 2 fully saturated rings. The molecular formula is C11H14BrN3. The van der Waals surface area contributed by atoms with Gasteiger partial charge in [-0.05, 0) is 48.5 Å². The fourth-order valence-corrected chi connectivity index (χ4v) is 3.40. The Morgan fingerprint density at radius 2 is 1.80 bits per heavy atom. The molecule has 3 heterocycles. The van der Waals surface area contributed by atoms with Crippen molar-refractivity contribution in [2.75, 3.05) is 4.90 Å². The van der Waals surface area contributed by atoms with Crippen molar-refractivity contribution in [3.63, 3.8) is 0 Å². The van der Waals surface area contributed by atoms with Gasteiger partial charge in [0, 0.05) is 18.2 Å². The lowest BCUT2D eigenvalue weighted by Crippen LogP contribution is -2.29. The van der Waals surface area contributed by atoms with Gasteiger partial charge in [0.05, 0.1) is 0 Å². The van der Waals surface area contributed by atoms with Crippen LogP contribution in [0.25, 0.3) is 0 Å². The highest BCUT2D eigenvalue weighted by Gasteiger charge is 2.40. The molecule has 0 aromatic carbocycles. The maximum Gasteiger partial charge on any atom is 0.133 e. The van der Waals surface area contributed by atoms with Crippen LogP contribution in [0.15, 0.2) is 10.7 Å². The fourth-order valence-electron chi connectivity index (χ4n) is 2.94. The van der Waals surface area contributed by atoms with E-state index in [1.54, 1.807) is 0 Å². The molecule has 0 N–H and O–H groups in total. The van der Waals surface area contributed by atoms with Gasteiger partial charge in [0.1, 0.15) is 16.2 Å². The molecule has 2 aliphatic rings. The summed E-state index contributed by atoms with van der Waals surface area (Å²) in [6, 6.07) is 3.51. The van der Waals surface area contributed by atoms with Crippen molar-refractivity contribution in [3.05, 3.63) is 16.5 Å². The molecule has 0 spiro atoms. The summed E-state index contributed by atoms with van der Waals surface area (Å²) in [5.74, 6) is 1.96. The van der Waals surface area contributed by atoms with Gasteiger partial charge in [-0.25, -0.2) is 9.97 Å². The zero-order valence-corrected chi connectivity index (χ0v) is 10.4. The van der Waals surface area contributed by atoms with Gasteiger partial charge >= 0.3 is 0 Å². The van der Waals surface area contributed by atoms with E-state index in [1.807, 2.05) is 13.0 Å². The zero-order valence-electron chi connectivity index (χ0n) is 8.78. The number of nitrogens with zero attached hydrogens (tertiary/aromatic N) is 3. The first-order chi connectivity index (χ1) is 7.24. The second-order valence-corrected chi connectivity index (χ2v) is 5.28. The van der Waals surface area contributed by atoms with Gasteiger partial charge in [-0.2, -0.15) is 0 Å². The number of hydrogen-bond donors (Lipinski definition) is 0. The molecule has 3 rings (SSSR count). The van der Waals surface area contributed by atoms with E-state index >= 15 is 0 Å². The van der Waals surface area contributed by atoms with Gasteiger partial charge in [0.15, 0.2) is 0 Å². The largest absolute Gasteiger partial charge is 0.351 e. The minimum Gasteiger partial charge on any atom is -0.351 e. The molecule has 2 bridgehead atoms. The molecule has 0 radical (unpaired) electrons. The standard InChI is InChI=1S/C11H14BrN3/c1-7-13-10(12)6-11(14-7)15-8-2-3-9(15)5-4-8/h6,8-9H,2-5H2,1H3. The third-order valence-corrected chi connectivity index (χ3v) is 3.92. The van der Waals surface area contributed by atoms with Crippen LogP contribution in [0, 0.1) is 6.92 Å². The van der Waals surface area contributed by atoms with E-state index < -0.39 is 0 Å². The maximum atomic E-state index is 4.54. The minimum absolute atomic E-state index is 0.733. The van der Waals surface area contributed by atoms with Crippen LogP contribution < -0.4 is 4.90 Å². The second kappa shape index (κ2) is 3.44. The molecule has 0 saturated carbocycles. The van der Waals surface area contributed by atoms with Crippen LogP contribution in [0.1, 0.15) is 31.5 Å². The number of anilines is 1. The molecule has 4 heteroatoms. The van der Waals surface area contributed by atoms with Crippen molar-refractivity contribution in [1.82, 2.24) is 9.97 Å². The van der Waals surface area contributed by atoms with E-state index in [9.17, 15) is 0 Å². The molecule has 1 aromatic heterocycles. The van der Waals surface area contributed by atoms with Gasteiger partial charge in [0.25, 0.3) is 0 Å². The van der Waals surface area contributed by atoms with Crippen LogP contribution in [-0.2, 0) is 0 Å². The summed E-state index contributed by atoms with van der Waals surface area (Å²) in [7, 11) is 0. The van der Waals surface area contributed by atoms with Crippen molar-refractivity contribution in [2.45, 2.75) is 44.7 Å². The first-order valence-electron chi connectivity index (χ1n) is 5.53. The van der Waals surface area contributed by atoms with Crippen molar-refractivity contribution in [1.29, 1.82) is 0 Å². The Hall–Kier alpha value is -0.640. The highest BCUT2D eigenvalue weighted by molar-refractivity contribution is 9.10. The van der Waals surface area contributed by atoms with E-state index in [0.29, 0.717) is 0 Å². The Bertz CT molecular complexity index is 353. The van der Waals surface area contributed by atoms with Crippen molar-refractivity contribution < 1.29 is 0 Å². The second-order valence-electron chi connectivity index (χ2n) is 4.47. The van der Waals surface area contributed by atoms with Crippen LogP contribution in [0.4, 0.5) is 5.82 Å². The summed E-state index contributed by atoms with van der Waals surface area (Å²) in [5.41, 5.74) is 0. The molecular weight excluding hydrogens is 254 g/mol. The molecule has 3 nitrogen and oxygen atoms in total. The van der Waals surface area contributed by atoms with E-state index in [2.05, 4.69) is 30.8 Å². The quantitative estimate of drug-likeness (QED) is 0.733. The predicted molar refractivity (Wildman–Crippen MR) is 63.0 cm³/mol. The minimum atomic E-state index is 0.733. The number of aromatic nitrogens is 2. The average molecular weight is 268 g/mol. The fraction of sp³-hybridized carbons (Fsp3) is 0.636. The van der Waals surface area contributed by atoms with Gasteiger partial charge in [0.2, 0.25) is 0 Å². The number of hydrogen-bond acceptors (Lipinski definition) is 3. The van der Waals surface area contributed by atoms with Crippen LogP contribution >= 0.6 is 15.9 Å². The van der Waals surface area contributed by atoms with Gasteiger partial charge in [-0.3, -0.25) is 0 Å². The van der Waals surface area contributed by atoms with Crippen molar-refractivity contribution in [2.24, 2.45) is 0 Å². The third-order valence-electron chi connectivity index (χ3n) is 3.51. The van der Waals surface area contributed by atoms with E-state index in [-0.39, 0.29) is 0 Å². The Kier molecular flexibility index (Phi) is 2.20. The van der Waals surface area contributed by atoms with Crippen LogP contribution in [-0.4, -0.2) is 22.1 Å². The summed E-state index contributed by atoms with van der Waals surface area (Å²) in [6.45, 7) is 1.95. The Labute approximate surface area is 98.0 Å². The monoisotopic (exact) mass is 267 g/mol. The van der Waals surface area contributed by atoms with Gasteiger partial charge < -0.3 is 4.90 Å². The van der Waals surface area contributed by atoms with E-state index in [0.717, 1.165) is 28.3 Å². The van der Waals surface area contributed by atoms with Crippen molar-refractivity contribution in [3.8, 4) is 0 Å². The summed E-state index contributed by atoms with van der Waals surface area (Å²) < 4.78 is 0.899. The first-order valence-corrected chi connectivity index (χ1v) is 6.33. The maximum absolute atomic E-state index is 4.54. The Balaban J connectivity index is 1.99. The lowest BCUT2D eigenvalue weighted by atomic mass is 10.0. The van der Waals surface area contributed by atoms with Crippen LogP contribution in [0.3, 0.4) is 0 Å². The first kappa shape index (κ1) is 9.58. The summed E-state index contributed by atoms with van der Waals surface area (Å²) >= 11 is 3.44. The lowest BCUT2D eigenvalue weighted by Gasteiger charge is -2.23. The molecule has 0 atom stereocenters. The highest BCUT2D eigenvalue weighted by Crippen LogP contribution is 2.40. The SMILES string of the molecule is Cc1nc(Br)cc(N2C3CCC2CC3)n1. The van der Waals surface area contributed by atoms with Gasteiger partial charge in [-0.15, -0.1) is 0 Å². The number of fused-ring (bicyclic) bond motifs is 2. The number of aryl methyl sites for hydroxylation is 1. The lowest BCUT2D eigenvalue weighted by molar-refractivity contribution is 0.576. The molecule has 0 amide bonds. The molecule has 2 saturated heterocycles. The van der Waals surface area contributed by atoms with Gasteiger partial charge in [-0.1, -0.05) is 0 Å². The van der Waals surface area contributed by atoms with Crippen LogP contribution in [0.5, 0.6) is 0 Å². The van der Waals surface area contributed by atoms with Crippen LogP contribution in [0.2, 0.25) is 0 Å². The summed E-state index contributed by atoms with van der Waals surface area (Å²) in [6.07, 6.45) is 5.35. The molecule has 0 unspecified atom stereocenters. The topological polar surface area (TPSA) is 29.0 Å². The normalized spacial score (nSPS) is 28.8. The van der Waals surface area contributed by atoms with Crippen molar-refractivity contribution >= 4 is 21.7 Å². The number of rotatable bonds is 1. The molecule has 2 aliphatic heterocycles. The van der Waals surface area contributed by atoms with E-state index in [1.165, 1.54) is 25.7 Å². The molecule has 0 aliphatic carbocycles. The molecule has 15 heavy (non-hydrogen) atoms.